The van der Waals surface area contributed by atoms with Crippen LogP contribution in [-0.4, -0.2) is 25.2 Å². The van der Waals surface area contributed by atoms with E-state index in [1.165, 1.54) is 19.4 Å². The molecule has 0 unspecified atom stereocenters. The number of carbonyl (C=O) groups excluding carboxylic acids is 2. The molecule has 5 nitrogen and oxygen atoms in total. The Labute approximate surface area is 194 Å². The first-order valence-electron chi connectivity index (χ1n) is 10.6. The second kappa shape index (κ2) is 8.21. The predicted molar refractivity (Wildman–Crippen MR) is 119 cm³/mol. The lowest BCUT2D eigenvalue weighted by molar-refractivity contribution is -0.155. The normalized spacial score (nSPS) is 34.5. The van der Waals surface area contributed by atoms with Gasteiger partial charge in [0, 0.05) is 31.9 Å². The highest BCUT2D eigenvalue weighted by Crippen LogP contribution is 2.64. The van der Waals surface area contributed by atoms with Crippen LogP contribution >= 0.6 is 31.9 Å². The zero-order valence-electron chi connectivity index (χ0n) is 17.8. The number of fused-ring (bicyclic) bond motifs is 5. The Hall–Kier alpha value is -0.920. The maximum absolute atomic E-state index is 11.7. The summed E-state index contributed by atoms with van der Waals surface area (Å²) in [5.41, 5.74) is 2.39. The number of halogens is 2. The van der Waals surface area contributed by atoms with E-state index >= 15 is 0 Å². The molecule has 0 aromatic heterocycles. The molecule has 1 aromatic rings. The number of hydrogen-bond acceptors (Lipinski definition) is 5. The molecule has 0 radical (unpaired) electrons. The quantitative estimate of drug-likeness (QED) is 0.342. The van der Waals surface area contributed by atoms with Crippen molar-refractivity contribution < 1.29 is 23.8 Å². The molecule has 0 N–H and O–H groups in total. The minimum Gasteiger partial charge on any atom is -0.462 e. The van der Waals surface area contributed by atoms with Crippen LogP contribution in [0, 0.1) is 17.3 Å². The SMILES string of the molecule is CO[C@@H]1C[C@@H]2[C@H](CC[C@]3(C)[C@@H](OC(C)=O)CC[C@@H]23)c2cc(Br)c(OC(C)=O)c(Br)c21. The molecule has 0 aliphatic heterocycles. The Kier molecular flexibility index (Phi) is 6.10. The third-order valence-electron chi connectivity index (χ3n) is 7.64. The average Bonchev–Trinajstić information content (AvgIpc) is 3.00. The van der Waals surface area contributed by atoms with E-state index in [0.29, 0.717) is 23.5 Å². The molecule has 7 heteroatoms. The number of hydrogen-bond donors (Lipinski definition) is 0. The van der Waals surface area contributed by atoms with Gasteiger partial charge in [-0.2, -0.15) is 0 Å². The van der Waals surface area contributed by atoms with Gasteiger partial charge in [-0.25, -0.2) is 0 Å². The molecule has 30 heavy (non-hydrogen) atoms. The van der Waals surface area contributed by atoms with E-state index in [1.54, 1.807) is 7.11 Å². The van der Waals surface area contributed by atoms with E-state index in [4.69, 9.17) is 14.2 Å². The summed E-state index contributed by atoms with van der Waals surface area (Å²) in [4.78, 5) is 23.3. The highest BCUT2D eigenvalue weighted by molar-refractivity contribution is 9.11. The van der Waals surface area contributed by atoms with Crippen LogP contribution < -0.4 is 4.74 Å². The van der Waals surface area contributed by atoms with Crippen molar-refractivity contribution in [3.05, 3.63) is 26.1 Å². The van der Waals surface area contributed by atoms with Crippen LogP contribution in [0.4, 0.5) is 0 Å². The Morgan fingerprint density at radius 1 is 1.13 bits per heavy atom. The molecule has 0 heterocycles. The van der Waals surface area contributed by atoms with Crippen molar-refractivity contribution in [2.75, 3.05) is 7.11 Å². The first-order chi connectivity index (χ1) is 14.2. The molecular formula is C23H28Br2O5. The van der Waals surface area contributed by atoms with Crippen LogP contribution in [0.3, 0.4) is 0 Å². The summed E-state index contributed by atoms with van der Waals surface area (Å²) in [6.45, 7) is 5.22. The zero-order valence-corrected chi connectivity index (χ0v) is 21.0. The molecule has 0 spiro atoms. The van der Waals surface area contributed by atoms with Crippen LogP contribution in [-0.2, 0) is 19.1 Å². The highest BCUT2D eigenvalue weighted by atomic mass is 79.9. The molecule has 0 amide bonds. The average molecular weight is 544 g/mol. The molecule has 1 aromatic carbocycles. The fraction of sp³-hybridized carbons (Fsp3) is 0.652. The van der Waals surface area contributed by atoms with Crippen LogP contribution in [0.5, 0.6) is 5.75 Å². The number of methoxy groups -OCH3 is 1. The van der Waals surface area contributed by atoms with E-state index in [1.807, 2.05) is 0 Å². The summed E-state index contributed by atoms with van der Waals surface area (Å²) in [7, 11) is 1.74. The number of benzene rings is 1. The topological polar surface area (TPSA) is 61.8 Å². The number of ether oxygens (including phenoxy) is 3. The fourth-order valence-corrected chi connectivity index (χ4v) is 8.00. The number of esters is 2. The first-order valence-corrected chi connectivity index (χ1v) is 12.2. The molecule has 3 aliphatic carbocycles. The van der Waals surface area contributed by atoms with Crippen molar-refractivity contribution >= 4 is 43.8 Å². The van der Waals surface area contributed by atoms with E-state index in [0.717, 1.165) is 46.6 Å². The summed E-state index contributed by atoms with van der Waals surface area (Å²) in [6.07, 6.45) is 4.95. The molecular weight excluding hydrogens is 516 g/mol. The number of rotatable bonds is 3. The van der Waals surface area contributed by atoms with Crippen molar-refractivity contribution in [1.82, 2.24) is 0 Å². The smallest absolute Gasteiger partial charge is 0.308 e. The first kappa shape index (κ1) is 22.3. The lowest BCUT2D eigenvalue weighted by atomic mass is 9.55. The maximum Gasteiger partial charge on any atom is 0.308 e. The van der Waals surface area contributed by atoms with Gasteiger partial charge in [-0.05, 0) is 93.3 Å². The standard InChI is InChI=1S/C23H28Br2O5/c1-11(26)29-19-6-5-16-14-10-18(28-4)20-15(13(14)7-8-23(16,19)3)9-17(24)22(21(20)25)30-12(2)27/h9,13-14,16,18-19H,5-8,10H2,1-4H3/t13-,14+,16-,18+,19-,23-/m0/s1. The van der Waals surface area contributed by atoms with Crippen molar-refractivity contribution in [1.29, 1.82) is 0 Å². The predicted octanol–water partition coefficient (Wildman–Crippen LogP) is 6.07. The second-order valence-corrected chi connectivity index (χ2v) is 10.8. The molecule has 2 saturated carbocycles. The van der Waals surface area contributed by atoms with Crippen molar-refractivity contribution in [2.24, 2.45) is 17.3 Å². The summed E-state index contributed by atoms with van der Waals surface area (Å²) in [5, 5.41) is 0. The molecule has 3 aliphatic rings. The van der Waals surface area contributed by atoms with E-state index in [2.05, 4.69) is 44.8 Å². The minimum atomic E-state index is -0.352. The minimum absolute atomic E-state index is 0.00755. The van der Waals surface area contributed by atoms with Gasteiger partial charge in [0.05, 0.1) is 15.0 Å². The monoisotopic (exact) mass is 542 g/mol. The molecule has 164 valence electrons. The van der Waals surface area contributed by atoms with Gasteiger partial charge in [-0.15, -0.1) is 0 Å². The van der Waals surface area contributed by atoms with Gasteiger partial charge >= 0.3 is 11.9 Å². The Morgan fingerprint density at radius 2 is 1.87 bits per heavy atom. The third kappa shape index (κ3) is 3.55. The Morgan fingerprint density at radius 3 is 2.50 bits per heavy atom. The summed E-state index contributed by atoms with van der Waals surface area (Å²) in [5.74, 6) is 1.36. The summed E-state index contributed by atoms with van der Waals surface area (Å²) < 4.78 is 18.7. The van der Waals surface area contributed by atoms with Gasteiger partial charge in [-0.3, -0.25) is 9.59 Å². The van der Waals surface area contributed by atoms with Gasteiger partial charge in [0.2, 0.25) is 0 Å². The highest BCUT2D eigenvalue weighted by Gasteiger charge is 2.57. The van der Waals surface area contributed by atoms with Crippen LogP contribution in [0.1, 0.15) is 76.0 Å². The van der Waals surface area contributed by atoms with Crippen LogP contribution in [0.2, 0.25) is 0 Å². The van der Waals surface area contributed by atoms with Gasteiger partial charge < -0.3 is 14.2 Å². The fourth-order valence-electron chi connectivity index (χ4n) is 6.43. The second-order valence-electron chi connectivity index (χ2n) is 9.15. The summed E-state index contributed by atoms with van der Waals surface area (Å²) in [6, 6.07) is 2.11. The van der Waals surface area contributed by atoms with Gasteiger partial charge in [0.15, 0.2) is 5.75 Å². The van der Waals surface area contributed by atoms with E-state index in [-0.39, 0.29) is 29.6 Å². The lowest BCUT2D eigenvalue weighted by Crippen LogP contribution is -2.45. The molecule has 2 fully saturated rings. The Bertz CT molecular complexity index is 885. The number of carbonyl (C=O) groups is 2. The Balaban J connectivity index is 1.74. The van der Waals surface area contributed by atoms with Crippen LogP contribution in [0.25, 0.3) is 0 Å². The van der Waals surface area contributed by atoms with E-state index in [9.17, 15) is 9.59 Å². The van der Waals surface area contributed by atoms with E-state index < -0.39 is 0 Å². The largest absolute Gasteiger partial charge is 0.462 e. The maximum atomic E-state index is 11.7. The molecule has 0 saturated heterocycles. The lowest BCUT2D eigenvalue weighted by Gasteiger charge is -2.51. The van der Waals surface area contributed by atoms with Gasteiger partial charge in [0.25, 0.3) is 0 Å². The van der Waals surface area contributed by atoms with Crippen LogP contribution in [0.15, 0.2) is 15.0 Å². The van der Waals surface area contributed by atoms with Gasteiger partial charge in [0.1, 0.15) is 6.10 Å². The van der Waals surface area contributed by atoms with Crippen molar-refractivity contribution in [3.63, 3.8) is 0 Å². The molecule has 0 bridgehead atoms. The van der Waals surface area contributed by atoms with Crippen molar-refractivity contribution in [3.8, 4) is 5.75 Å². The van der Waals surface area contributed by atoms with Crippen molar-refractivity contribution in [2.45, 2.75) is 71.0 Å². The molecule has 4 rings (SSSR count). The molecule has 6 atom stereocenters. The summed E-state index contributed by atoms with van der Waals surface area (Å²) >= 11 is 7.31. The zero-order chi connectivity index (χ0) is 21.8. The third-order valence-corrected chi connectivity index (χ3v) is 9.02. The van der Waals surface area contributed by atoms with Gasteiger partial charge in [-0.1, -0.05) is 6.92 Å².